The highest BCUT2D eigenvalue weighted by atomic mass is 19.3. The smallest absolute Gasteiger partial charge is 0.241 e. The zero-order chi connectivity index (χ0) is 11.0. The monoisotopic (exact) mass is 210 g/mol. The van der Waals surface area contributed by atoms with Crippen molar-refractivity contribution < 1.29 is 13.2 Å². The molecule has 0 rings (SSSR count). The lowest BCUT2D eigenvalue weighted by Gasteiger charge is -2.15. The summed E-state index contributed by atoms with van der Waals surface area (Å²) in [5.41, 5.74) is 0. The van der Waals surface area contributed by atoms with Crippen LogP contribution in [0.4, 0.5) is 13.2 Å². The van der Waals surface area contributed by atoms with E-state index < -0.39 is 12.1 Å². The molecule has 3 heteroatoms. The summed E-state index contributed by atoms with van der Waals surface area (Å²) in [6.45, 7) is 2.77. The van der Waals surface area contributed by atoms with Gasteiger partial charge >= 0.3 is 0 Å². The van der Waals surface area contributed by atoms with Gasteiger partial charge in [-0.15, -0.1) is 0 Å². The molecule has 0 saturated carbocycles. The van der Waals surface area contributed by atoms with E-state index in [2.05, 4.69) is 6.92 Å². The molecule has 0 spiro atoms. The van der Waals surface area contributed by atoms with Crippen LogP contribution in [0, 0.1) is 0 Å². The largest absolute Gasteiger partial charge is 0.275 e. The van der Waals surface area contributed by atoms with E-state index in [0.29, 0.717) is 13.3 Å². The van der Waals surface area contributed by atoms with Crippen molar-refractivity contribution in [1.29, 1.82) is 0 Å². The second-order valence-electron chi connectivity index (χ2n) is 3.98. The zero-order valence-electron chi connectivity index (χ0n) is 9.16. The first-order valence-electron chi connectivity index (χ1n) is 5.50. The minimum atomic E-state index is -3.16. The second-order valence-corrected chi connectivity index (χ2v) is 3.98. The predicted octanol–water partition coefficient (Wildman–Crippen LogP) is 4.73. The molecule has 0 heterocycles. The maximum Gasteiger partial charge on any atom is 0.275 e. The molecule has 0 aliphatic carbocycles. The van der Waals surface area contributed by atoms with Gasteiger partial charge in [-0.3, -0.25) is 0 Å². The standard InChI is InChI=1S/C11H21F3/c1-3-4-5-6-7-8-9-10(12)11(2,13)14/h10H,3-9H2,1-2H3. The Balaban J connectivity index is 3.28. The van der Waals surface area contributed by atoms with Crippen molar-refractivity contribution in [2.75, 3.05) is 0 Å². The minimum Gasteiger partial charge on any atom is -0.241 e. The summed E-state index contributed by atoms with van der Waals surface area (Å²) in [4.78, 5) is 0. The van der Waals surface area contributed by atoms with Crippen LogP contribution in [-0.2, 0) is 0 Å². The van der Waals surface area contributed by atoms with Gasteiger partial charge in [0.2, 0.25) is 0 Å². The lowest BCUT2D eigenvalue weighted by atomic mass is 10.1. The van der Waals surface area contributed by atoms with Crippen molar-refractivity contribution in [3.8, 4) is 0 Å². The van der Waals surface area contributed by atoms with Gasteiger partial charge in [0.05, 0.1) is 0 Å². The fourth-order valence-corrected chi connectivity index (χ4v) is 1.36. The van der Waals surface area contributed by atoms with Crippen LogP contribution in [0.25, 0.3) is 0 Å². The van der Waals surface area contributed by atoms with Gasteiger partial charge in [-0.2, -0.15) is 0 Å². The fraction of sp³-hybridized carbons (Fsp3) is 1.00. The van der Waals surface area contributed by atoms with E-state index in [1.54, 1.807) is 0 Å². The third-order valence-corrected chi connectivity index (χ3v) is 2.36. The van der Waals surface area contributed by atoms with Crippen molar-refractivity contribution in [1.82, 2.24) is 0 Å². The molecule has 0 N–H and O–H groups in total. The summed E-state index contributed by atoms with van der Waals surface area (Å²) in [5.74, 6) is -3.16. The Morgan fingerprint density at radius 1 is 1.00 bits per heavy atom. The summed E-state index contributed by atoms with van der Waals surface area (Å²) < 4.78 is 37.5. The predicted molar refractivity (Wildman–Crippen MR) is 53.5 cm³/mol. The SMILES string of the molecule is CCCCCCCCC(F)C(C)(F)F. The molecule has 14 heavy (non-hydrogen) atoms. The lowest BCUT2D eigenvalue weighted by molar-refractivity contribution is -0.0585. The van der Waals surface area contributed by atoms with Gasteiger partial charge in [-0.25, -0.2) is 13.2 Å². The molecule has 0 amide bonds. The van der Waals surface area contributed by atoms with Crippen LogP contribution in [-0.4, -0.2) is 12.1 Å². The summed E-state index contributed by atoms with van der Waals surface area (Å²) in [6, 6.07) is 0. The highest BCUT2D eigenvalue weighted by molar-refractivity contribution is 4.70. The van der Waals surface area contributed by atoms with E-state index in [0.717, 1.165) is 19.3 Å². The van der Waals surface area contributed by atoms with E-state index in [9.17, 15) is 13.2 Å². The molecule has 0 aromatic heterocycles. The van der Waals surface area contributed by atoms with Gasteiger partial charge in [0, 0.05) is 6.92 Å². The van der Waals surface area contributed by atoms with Gasteiger partial charge in [0.25, 0.3) is 5.92 Å². The maximum atomic E-state index is 12.7. The average molecular weight is 210 g/mol. The van der Waals surface area contributed by atoms with Crippen LogP contribution >= 0.6 is 0 Å². The number of unbranched alkanes of at least 4 members (excludes halogenated alkanes) is 5. The number of rotatable bonds is 8. The lowest BCUT2D eigenvalue weighted by Crippen LogP contribution is -2.25. The van der Waals surface area contributed by atoms with Gasteiger partial charge in [0.1, 0.15) is 0 Å². The van der Waals surface area contributed by atoms with Gasteiger partial charge in [-0.1, -0.05) is 45.4 Å². The maximum absolute atomic E-state index is 12.7. The Labute approximate surface area is 84.9 Å². The Hall–Kier alpha value is -0.210. The van der Waals surface area contributed by atoms with Crippen LogP contribution in [0.15, 0.2) is 0 Å². The van der Waals surface area contributed by atoms with E-state index >= 15 is 0 Å². The summed E-state index contributed by atoms with van der Waals surface area (Å²) in [6.07, 6.45) is 4.00. The average Bonchev–Trinajstić information content (AvgIpc) is 2.09. The summed E-state index contributed by atoms with van der Waals surface area (Å²) in [5, 5.41) is 0. The van der Waals surface area contributed by atoms with Crippen LogP contribution < -0.4 is 0 Å². The Bertz CT molecular complexity index is 129. The number of alkyl halides is 3. The molecule has 0 bridgehead atoms. The van der Waals surface area contributed by atoms with Crippen molar-refractivity contribution in [2.45, 2.75) is 70.9 Å². The molecule has 0 aliphatic rings. The Kier molecular flexibility index (Phi) is 7.02. The van der Waals surface area contributed by atoms with E-state index in [-0.39, 0.29) is 6.42 Å². The van der Waals surface area contributed by atoms with Crippen LogP contribution in [0.1, 0.15) is 58.8 Å². The minimum absolute atomic E-state index is 0.00434. The topological polar surface area (TPSA) is 0 Å². The zero-order valence-corrected chi connectivity index (χ0v) is 9.16. The van der Waals surface area contributed by atoms with Crippen molar-refractivity contribution in [3.05, 3.63) is 0 Å². The summed E-state index contributed by atoms with van der Waals surface area (Å²) in [7, 11) is 0. The molecule has 0 aromatic carbocycles. The molecule has 0 saturated heterocycles. The molecule has 0 fully saturated rings. The molecule has 0 nitrogen and oxygen atoms in total. The molecular weight excluding hydrogens is 189 g/mol. The van der Waals surface area contributed by atoms with Crippen LogP contribution in [0.2, 0.25) is 0 Å². The molecule has 0 aliphatic heterocycles. The van der Waals surface area contributed by atoms with Crippen molar-refractivity contribution in [2.24, 2.45) is 0 Å². The first-order valence-corrected chi connectivity index (χ1v) is 5.50. The van der Waals surface area contributed by atoms with Gasteiger partial charge in [0.15, 0.2) is 6.17 Å². The van der Waals surface area contributed by atoms with Gasteiger partial charge in [-0.05, 0) is 6.42 Å². The van der Waals surface area contributed by atoms with E-state index in [4.69, 9.17) is 0 Å². The first-order chi connectivity index (χ1) is 6.48. The van der Waals surface area contributed by atoms with E-state index in [1.165, 1.54) is 12.8 Å². The molecule has 0 aromatic rings. The first kappa shape index (κ1) is 13.8. The third-order valence-electron chi connectivity index (χ3n) is 2.36. The van der Waals surface area contributed by atoms with Gasteiger partial charge < -0.3 is 0 Å². The number of hydrogen-bond acceptors (Lipinski definition) is 0. The molecule has 1 unspecified atom stereocenters. The highest BCUT2D eigenvalue weighted by Gasteiger charge is 2.33. The quantitative estimate of drug-likeness (QED) is 0.508. The molecular formula is C11H21F3. The Morgan fingerprint density at radius 3 is 2.00 bits per heavy atom. The van der Waals surface area contributed by atoms with Crippen LogP contribution in [0.3, 0.4) is 0 Å². The fourth-order valence-electron chi connectivity index (χ4n) is 1.36. The summed E-state index contributed by atoms with van der Waals surface area (Å²) >= 11 is 0. The Morgan fingerprint density at radius 2 is 1.50 bits per heavy atom. The molecule has 1 atom stereocenters. The normalized spacial score (nSPS) is 14.4. The molecule has 0 radical (unpaired) electrons. The highest BCUT2D eigenvalue weighted by Crippen LogP contribution is 2.24. The van der Waals surface area contributed by atoms with E-state index in [1.807, 2.05) is 0 Å². The second kappa shape index (κ2) is 7.13. The molecule has 86 valence electrons. The van der Waals surface area contributed by atoms with Crippen molar-refractivity contribution >= 4 is 0 Å². The van der Waals surface area contributed by atoms with Crippen molar-refractivity contribution in [3.63, 3.8) is 0 Å². The third kappa shape index (κ3) is 7.22. The number of hydrogen-bond donors (Lipinski definition) is 0. The number of halogens is 3. The van der Waals surface area contributed by atoms with Crippen LogP contribution in [0.5, 0.6) is 0 Å².